The molecule has 1 aromatic heterocycles. The number of benzene rings is 4. The number of allylic oxidation sites excluding steroid dienone is 1. The number of carbonyl (C=O) groups is 3. The van der Waals surface area contributed by atoms with Gasteiger partial charge in [-0.25, -0.2) is 4.98 Å². The second kappa shape index (κ2) is 13.9. The summed E-state index contributed by atoms with van der Waals surface area (Å²) in [6.07, 6.45) is 2.74. The minimum atomic E-state index is -1.33. The van der Waals surface area contributed by atoms with E-state index in [-0.39, 0.29) is 25.7 Å². The number of esters is 2. The summed E-state index contributed by atoms with van der Waals surface area (Å²) in [6, 6.07) is 27.0. The Kier molecular flexibility index (Phi) is 9.25. The van der Waals surface area contributed by atoms with Crippen molar-refractivity contribution >= 4 is 45.8 Å². The molecule has 5 aromatic rings. The molecule has 1 saturated heterocycles. The van der Waals surface area contributed by atoms with Crippen LogP contribution in [0.15, 0.2) is 95.4 Å². The zero-order chi connectivity index (χ0) is 35.7. The van der Waals surface area contributed by atoms with E-state index in [2.05, 4.69) is 11.1 Å². The highest BCUT2D eigenvalue weighted by Crippen LogP contribution is 2.39. The molecule has 10 nitrogen and oxygen atoms in total. The van der Waals surface area contributed by atoms with Crippen LogP contribution >= 0.6 is 0 Å². The first-order valence-electron chi connectivity index (χ1n) is 17.1. The largest absolute Gasteiger partial charge is 0.460 e. The van der Waals surface area contributed by atoms with Crippen LogP contribution in [0.5, 0.6) is 11.5 Å². The van der Waals surface area contributed by atoms with Gasteiger partial charge in [0.2, 0.25) is 12.7 Å². The van der Waals surface area contributed by atoms with E-state index in [0.717, 1.165) is 27.4 Å². The number of nitrogens with zero attached hydrogens (tertiary/aromatic N) is 2. The molecular weight excluding hydrogens is 648 g/mol. The fourth-order valence-corrected chi connectivity index (χ4v) is 6.73. The van der Waals surface area contributed by atoms with Crippen molar-refractivity contribution in [3.8, 4) is 11.5 Å². The van der Waals surface area contributed by atoms with E-state index in [1.807, 2.05) is 97.9 Å². The second-order valence-corrected chi connectivity index (χ2v) is 14.0. The Bertz CT molecular complexity index is 2100. The molecule has 0 bridgehead atoms. The number of hydrogen-bond donors (Lipinski definition) is 0. The minimum Gasteiger partial charge on any atom is -0.460 e. The number of amides is 1. The Balaban J connectivity index is 1.25. The summed E-state index contributed by atoms with van der Waals surface area (Å²) in [7, 11) is 0. The van der Waals surface area contributed by atoms with Crippen LogP contribution < -0.4 is 9.47 Å². The molecule has 262 valence electrons. The van der Waals surface area contributed by atoms with Crippen molar-refractivity contribution in [1.29, 1.82) is 0 Å². The first-order chi connectivity index (χ1) is 24.5. The highest BCUT2D eigenvalue weighted by atomic mass is 16.7. The van der Waals surface area contributed by atoms with Gasteiger partial charge >= 0.3 is 11.9 Å². The van der Waals surface area contributed by atoms with Gasteiger partial charge in [0, 0.05) is 18.5 Å². The summed E-state index contributed by atoms with van der Waals surface area (Å²) in [5, 5.41) is 2.10. The third-order valence-electron chi connectivity index (χ3n) is 9.27. The summed E-state index contributed by atoms with van der Waals surface area (Å²) >= 11 is 0. The summed E-state index contributed by atoms with van der Waals surface area (Å²) in [6.45, 7) is 7.55. The predicted octanol–water partition coefficient (Wildman–Crippen LogP) is 7.59. The van der Waals surface area contributed by atoms with Gasteiger partial charge in [-0.2, -0.15) is 0 Å². The predicted molar refractivity (Wildman–Crippen MR) is 191 cm³/mol. The van der Waals surface area contributed by atoms with Crippen molar-refractivity contribution in [2.24, 2.45) is 5.92 Å². The highest BCUT2D eigenvalue weighted by Gasteiger charge is 2.48. The van der Waals surface area contributed by atoms with Gasteiger partial charge in [-0.1, -0.05) is 60.7 Å². The molecular formula is C41H40N2O8. The molecule has 2 aliphatic rings. The Morgan fingerprint density at radius 3 is 2.53 bits per heavy atom. The number of ether oxygens (including phenoxy) is 4. The van der Waals surface area contributed by atoms with E-state index >= 15 is 0 Å². The highest BCUT2D eigenvalue weighted by molar-refractivity contribution is 5.94. The van der Waals surface area contributed by atoms with Gasteiger partial charge in [0.05, 0.1) is 6.42 Å². The fraction of sp³-hybridized carbons (Fsp3) is 0.317. The molecule has 10 heteroatoms. The summed E-state index contributed by atoms with van der Waals surface area (Å²) < 4.78 is 28.5. The van der Waals surface area contributed by atoms with Crippen LogP contribution in [0.2, 0.25) is 0 Å². The lowest BCUT2D eigenvalue weighted by molar-refractivity contribution is -0.167. The van der Waals surface area contributed by atoms with Crippen LogP contribution in [0.4, 0.5) is 0 Å². The zero-order valence-corrected chi connectivity index (χ0v) is 29.0. The van der Waals surface area contributed by atoms with Crippen molar-refractivity contribution in [2.45, 2.75) is 70.7 Å². The Hall–Kier alpha value is -5.64. The van der Waals surface area contributed by atoms with Crippen molar-refractivity contribution in [1.82, 2.24) is 9.88 Å². The van der Waals surface area contributed by atoms with Gasteiger partial charge in [-0.05, 0) is 92.4 Å². The Labute approximate surface area is 295 Å². The molecule has 4 aromatic carbocycles. The van der Waals surface area contributed by atoms with E-state index in [4.69, 9.17) is 23.4 Å². The van der Waals surface area contributed by atoms with E-state index in [9.17, 15) is 14.4 Å². The van der Waals surface area contributed by atoms with Crippen LogP contribution in [0.3, 0.4) is 0 Å². The van der Waals surface area contributed by atoms with Crippen LogP contribution in [0, 0.1) is 5.92 Å². The first-order valence-corrected chi connectivity index (χ1v) is 17.1. The van der Waals surface area contributed by atoms with Gasteiger partial charge < -0.3 is 28.3 Å². The smallest absolute Gasteiger partial charge is 0.314 e. The molecule has 0 radical (unpaired) electrons. The average Bonchev–Trinajstić information content (AvgIpc) is 3.85. The number of hydrogen-bond acceptors (Lipinski definition) is 9. The minimum absolute atomic E-state index is 0.127. The molecule has 51 heavy (non-hydrogen) atoms. The molecule has 3 heterocycles. The summed E-state index contributed by atoms with van der Waals surface area (Å²) in [5.41, 5.74) is 2.45. The Morgan fingerprint density at radius 2 is 1.73 bits per heavy atom. The third kappa shape index (κ3) is 7.45. The summed E-state index contributed by atoms with van der Waals surface area (Å²) in [5.74, 6) is -1.33. The number of aromatic nitrogens is 1. The lowest BCUT2D eigenvalue weighted by atomic mass is 9.87. The molecule has 0 spiro atoms. The Morgan fingerprint density at radius 1 is 0.961 bits per heavy atom. The normalized spacial score (nSPS) is 18.2. The third-order valence-corrected chi connectivity index (χ3v) is 9.27. The molecule has 0 saturated carbocycles. The number of oxazole rings is 1. The van der Waals surface area contributed by atoms with Crippen LogP contribution in [-0.4, -0.2) is 52.3 Å². The van der Waals surface area contributed by atoms with Crippen molar-refractivity contribution in [3.05, 3.63) is 108 Å². The number of cyclic esters (lactones) is 1. The van der Waals surface area contributed by atoms with Crippen LogP contribution in [-0.2, 0) is 30.4 Å². The van der Waals surface area contributed by atoms with E-state index < -0.39 is 41.5 Å². The fourth-order valence-electron chi connectivity index (χ4n) is 6.73. The molecule has 1 amide bonds. The van der Waals surface area contributed by atoms with Gasteiger partial charge in [-0.15, -0.1) is 0 Å². The van der Waals surface area contributed by atoms with Crippen molar-refractivity contribution in [3.63, 3.8) is 0 Å². The monoisotopic (exact) mass is 688 g/mol. The molecule has 4 atom stereocenters. The van der Waals surface area contributed by atoms with E-state index in [1.165, 1.54) is 0 Å². The molecule has 2 aliphatic heterocycles. The number of fused-ring (bicyclic) bond motifs is 3. The quantitative estimate of drug-likeness (QED) is 0.137. The standard InChI is InChI=1S/C41H40N2O8/c1-25(30(29-18-19-34-35(21-29)48-24-47-34)12-9-15-36-42-32-13-7-8-14-33(32)49-36)43(23-26-16-17-27-10-5-6-11-28(27)20-26)39(45)38-31(22-37(44)50-38)40(46)51-41(2,3)4/h5-11,13-21,25,30-31,38H,12,22-24H2,1-4H3/b15-9+/t25-,30+,31+,38+/m1/s1. The molecule has 7 rings (SSSR count). The van der Waals surface area contributed by atoms with Gasteiger partial charge in [0.25, 0.3) is 5.91 Å². The zero-order valence-electron chi connectivity index (χ0n) is 29.0. The van der Waals surface area contributed by atoms with Gasteiger partial charge in [-0.3, -0.25) is 14.4 Å². The SMILES string of the molecule is C[C@H]([C@H](C/C=C/c1nc2ccccc2o1)c1ccc2c(c1)OCO2)N(Cc1ccc2ccccc2c1)C(=O)[C@H]1OC(=O)C[C@@H]1C(=O)OC(C)(C)C. The summed E-state index contributed by atoms with van der Waals surface area (Å²) in [4.78, 5) is 47.1. The van der Waals surface area contributed by atoms with Crippen molar-refractivity contribution in [2.75, 3.05) is 6.79 Å². The molecule has 1 fully saturated rings. The number of rotatable bonds is 10. The maximum atomic E-state index is 14.8. The lowest BCUT2D eigenvalue weighted by Crippen LogP contribution is -2.49. The molecule has 0 N–H and O–H groups in total. The number of para-hydroxylation sites is 2. The number of carbonyl (C=O) groups excluding carboxylic acids is 3. The average molecular weight is 689 g/mol. The van der Waals surface area contributed by atoms with Crippen LogP contribution in [0.25, 0.3) is 27.9 Å². The first kappa shape index (κ1) is 33.8. The molecule has 0 unspecified atom stereocenters. The van der Waals surface area contributed by atoms with E-state index in [1.54, 1.807) is 25.7 Å². The maximum absolute atomic E-state index is 14.8. The van der Waals surface area contributed by atoms with Gasteiger partial charge in [0.1, 0.15) is 17.0 Å². The lowest BCUT2D eigenvalue weighted by Gasteiger charge is -2.37. The van der Waals surface area contributed by atoms with Crippen LogP contribution in [0.1, 0.15) is 63.5 Å². The molecule has 0 aliphatic carbocycles. The van der Waals surface area contributed by atoms with Gasteiger partial charge in [0.15, 0.2) is 23.2 Å². The maximum Gasteiger partial charge on any atom is 0.314 e. The van der Waals surface area contributed by atoms with E-state index in [0.29, 0.717) is 29.4 Å². The topological polar surface area (TPSA) is 117 Å². The van der Waals surface area contributed by atoms with Crippen molar-refractivity contribution < 1.29 is 37.7 Å². The second-order valence-electron chi connectivity index (χ2n) is 14.0.